The third kappa shape index (κ3) is 0.922. The summed E-state index contributed by atoms with van der Waals surface area (Å²) in [7, 11) is 0. The fraction of sp³-hybridized carbons (Fsp3) is 0. The van der Waals surface area contributed by atoms with E-state index in [9.17, 15) is 0 Å². The van der Waals surface area contributed by atoms with Crippen LogP contribution in [0.2, 0.25) is 0 Å². The molecule has 0 atom stereocenters. The van der Waals surface area contributed by atoms with Gasteiger partial charge in [0.05, 0.1) is 15.8 Å². The van der Waals surface area contributed by atoms with Crippen LogP contribution in [0.15, 0.2) is 35.1 Å². The molecule has 0 spiro atoms. The van der Waals surface area contributed by atoms with Gasteiger partial charge in [0.2, 0.25) is 0 Å². The van der Waals surface area contributed by atoms with Crippen molar-refractivity contribution in [1.82, 2.24) is 4.40 Å². The van der Waals surface area contributed by atoms with Crippen molar-refractivity contribution in [2.45, 2.75) is 0 Å². The Kier molecular flexibility index (Phi) is 1.39. The Hall–Kier alpha value is -0.960. The topological polar surface area (TPSA) is 30.4 Å². The molecule has 0 aromatic carbocycles. The maximum absolute atomic E-state index is 5.73. The monoisotopic (exact) mass is 210 g/mol. The van der Waals surface area contributed by atoms with E-state index in [-0.39, 0.29) is 0 Å². The van der Waals surface area contributed by atoms with Crippen molar-refractivity contribution in [1.29, 1.82) is 0 Å². The maximum atomic E-state index is 5.73. The molecule has 0 aliphatic carbocycles. The molecule has 0 bridgehead atoms. The lowest BCUT2D eigenvalue weighted by atomic mass is 10.3. The normalized spacial score (nSPS) is 10.6. The van der Waals surface area contributed by atoms with Gasteiger partial charge in [0.25, 0.3) is 0 Å². The summed E-state index contributed by atoms with van der Waals surface area (Å²) in [5.41, 5.74) is 7.57. The number of aromatic nitrogens is 1. The quantitative estimate of drug-likeness (QED) is 0.711. The molecule has 2 heterocycles. The van der Waals surface area contributed by atoms with Crippen LogP contribution in [0.4, 0.5) is 5.69 Å². The second-order valence-electron chi connectivity index (χ2n) is 2.37. The summed E-state index contributed by atoms with van der Waals surface area (Å²) in [6.07, 6.45) is 1.97. The van der Waals surface area contributed by atoms with Crippen LogP contribution >= 0.6 is 15.9 Å². The zero-order valence-electron chi connectivity index (χ0n) is 5.79. The van der Waals surface area contributed by atoms with Crippen LogP contribution in [-0.4, -0.2) is 4.40 Å². The number of nitrogens with two attached hydrogens (primary N) is 1. The van der Waals surface area contributed by atoms with Gasteiger partial charge in [-0.1, -0.05) is 0 Å². The predicted molar refractivity (Wildman–Crippen MR) is 49.5 cm³/mol. The molecule has 0 fully saturated rings. The van der Waals surface area contributed by atoms with E-state index in [0.717, 1.165) is 15.8 Å². The number of rotatable bonds is 0. The molecular formula is C8H7BrN2. The summed E-state index contributed by atoms with van der Waals surface area (Å²) in [5.74, 6) is 0. The first-order valence-corrected chi connectivity index (χ1v) is 4.09. The van der Waals surface area contributed by atoms with Crippen molar-refractivity contribution in [3.8, 4) is 0 Å². The van der Waals surface area contributed by atoms with E-state index in [2.05, 4.69) is 15.9 Å². The van der Waals surface area contributed by atoms with Gasteiger partial charge in [-0.15, -0.1) is 0 Å². The van der Waals surface area contributed by atoms with Gasteiger partial charge >= 0.3 is 0 Å². The van der Waals surface area contributed by atoms with Crippen LogP contribution < -0.4 is 5.73 Å². The Morgan fingerprint density at radius 1 is 1.27 bits per heavy atom. The lowest BCUT2D eigenvalue weighted by Gasteiger charge is -1.98. The molecule has 0 saturated heterocycles. The van der Waals surface area contributed by atoms with Crippen LogP contribution in [0, 0.1) is 0 Å². The lowest BCUT2D eigenvalue weighted by molar-refractivity contribution is 1.16. The molecule has 0 aliphatic heterocycles. The average Bonchev–Trinajstić information content (AvgIpc) is 2.35. The summed E-state index contributed by atoms with van der Waals surface area (Å²) in [5, 5.41) is 0. The molecule has 2 aromatic heterocycles. The Bertz CT molecular complexity index is 392. The largest absolute Gasteiger partial charge is 0.397 e. The second-order valence-corrected chi connectivity index (χ2v) is 3.19. The SMILES string of the molecule is Nc1cccn2c(Br)ccc12. The molecule has 0 saturated carbocycles. The molecule has 56 valence electrons. The summed E-state index contributed by atoms with van der Waals surface area (Å²) < 4.78 is 3.02. The van der Waals surface area contributed by atoms with Gasteiger partial charge in [-0.3, -0.25) is 0 Å². The van der Waals surface area contributed by atoms with Gasteiger partial charge in [-0.25, -0.2) is 0 Å². The highest BCUT2D eigenvalue weighted by atomic mass is 79.9. The van der Waals surface area contributed by atoms with Crippen molar-refractivity contribution in [3.05, 3.63) is 35.1 Å². The summed E-state index contributed by atoms with van der Waals surface area (Å²) in [6, 6.07) is 7.78. The van der Waals surface area contributed by atoms with Crippen LogP contribution in [0.5, 0.6) is 0 Å². The molecule has 0 aliphatic rings. The summed E-state index contributed by atoms with van der Waals surface area (Å²) in [4.78, 5) is 0. The van der Waals surface area contributed by atoms with E-state index in [1.54, 1.807) is 0 Å². The Morgan fingerprint density at radius 2 is 2.09 bits per heavy atom. The maximum Gasteiger partial charge on any atom is 0.0893 e. The minimum absolute atomic E-state index is 0.804. The standard InChI is InChI=1S/C8H7BrN2/c9-8-4-3-7-6(10)2-1-5-11(7)8/h1-5H,10H2. The smallest absolute Gasteiger partial charge is 0.0893 e. The molecule has 2 N–H and O–H groups in total. The molecule has 2 rings (SSSR count). The average molecular weight is 211 g/mol. The fourth-order valence-corrected chi connectivity index (χ4v) is 1.57. The van der Waals surface area contributed by atoms with Gasteiger partial charge in [-0.05, 0) is 40.2 Å². The van der Waals surface area contributed by atoms with Gasteiger partial charge in [-0.2, -0.15) is 0 Å². The first kappa shape index (κ1) is 6.73. The van der Waals surface area contributed by atoms with E-state index in [0.29, 0.717) is 0 Å². The van der Waals surface area contributed by atoms with Crippen molar-refractivity contribution in [2.24, 2.45) is 0 Å². The predicted octanol–water partition coefficient (Wildman–Crippen LogP) is 2.28. The first-order chi connectivity index (χ1) is 5.29. The van der Waals surface area contributed by atoms with E-state index in [4.69, 9.17) is 5.73 Å². The Labute approximate surface area is 72.8 Å². The van der Waals surface area contributed by atoms with Gasteiger partial charge < -0.3 is 10.1 Å². The molecule has 3 heteroatoms. The molecule has 2 nitrogen and oxygen atoms in total. The van der Waals surface area contributed by atoms with E-state index < -0.39 is 0 Å². The molecule has 11 heavy (non-hydrogen) atoms. The lowest BCUT2D eigenvalue weighted by Crippen LogP contribution is -1.89. The van der Waals surface area contributed by atoms with E-state index in [1.165, 1.54) is 0 Å². The number of anilines is 1. The zero-order valence-corrected chi connectivity index (χ0v) is 7.38. The van der Waals surface area contributed by atoms with Crippen molar-refractivity contribution >= 4 is 27.1 Å². The summed E-state index contributed by atoms with van der Waals surface area (Å²) >= 11 is 3.41. The summed E-state index contributed by atoms with van der Waals surface area (Å²) in [6.45, 7) is 0. The zero-order chi connectivity index (χ0) is 7.84. The Balaban J connectivity index is 2.94. The number of nitrogens with zero attached hydrogens (tertiary/aromatic N) is 1. The molecule has 0 radical (unpaired) electrons. The third-order valence-corrected chi connectivity index (χ3v) is 2.32. The third-order valence-electron chi connectivity index (χ3n) is 1.68. The van der Waals surface area contributed by atoms with Gasteiger partial charge in [0, 0.05) is 6.20 Å². The number of hydrogen-bond donors (Lipinski definition) is 1. The highest BCUT2D eigenvalue weighted by Gasteiger charge is 1.98. The van der Waals surface area contributed by atoms with Crippen molar-refractivity contribution < 1.29 is 0 Å². The number of pyridine rings is 1. The number of hydrogen-bond acceptors (Lipinski definition) is 1. The Morgan fingerprint density at radius 3 is 2.82 bits per heavy atom. The van der Waals surface area contributed by atoms with Crippen LogP contribution in [0.3, 0.4) is 0 Å². The van der Waals surface area contributed by atoms with E-state index >= 15 is 0 Å². The fourth-order valence-electron chi connectivity index (χ4n) is 1.13. The van der Waals surface area contributed by atoms with Crippen LogP contribution in [0.25, 0.3) is 5.52 Å². The molecule has 2 aromatic rings. The van der Waals surface area contributed by atoms with Crippen LogP contribution in [0.1, 0.15) is 0 Å². The van der Waals surface area contributed by atoms with Crippen molar-refractivity contribution in [2.75, 3.05) is 5.73 Å². The molecule has 0 unspecified atom stereocenters. The van der Waals surface area contributed by atoms with Crippen molar-refractivity contribution in [3.63, 3.8) is 0 Å². The molecule has 0 amide bonds. The number of halogens is 1. The number of fused-ring (bicyclic) bond motifs is 1. The highest BCUT2D eigenvalue weighted by Crippen LogP contribution is 2.19. The van der Waals surface area contributed by atoms with Crippen LogP contribution in [-0.2, 0) is 0 Å². The minimum Gasteiger partial charge on any atom is -0.397 e. The van der Waals surface area contributed by atoms with E-state index in [1.807, 2.05) is 34.9 Å². The molecular weight excluding hydrogens is 204 g/mol. The first-order valence-electron chi connectivity index (χ1n) is 3.30. The van der Waals surface area contributed by atoms with Gasteiger partial charge in [0.15, 0.2) is 0 Å². The number of nitrogen functional groups attached to an aromatic ring is 1. The second kappa shape index (κ2) is 2.27. The minimum atomic E-state index is 0.804. The van der Waals surface area contributed by atoms with Gasteiger partial charge in [0.1, 0.15) is 0 Å². The highest BCUT2D eigenvalue weighted by molar-refractivity contribution is 9.10.